The van der Waals surface area contributed by atoms with Gasteiger partial charge in [0.05, 0.1) is 17.2 Å². The van der Waals surface area contributed by atoms with Gasteiger partial charge in [0.15, 0.2) is 0 Å². The molecule has 0 fully saturated rings. The number of aryl methyl sites for hydroxylation is 1. The van der Waals surface area contributed by atoms with E-state index in [1.807, 2.05) is 89.2 Å². The Hall–Kier alpha value is -4.70. The fraction of sp³-hybridized carbons (Fsp3) is 0.297. The molecule has 0 saturated heterocycles. The molecule has 0 heterocycles. The van der Waals surface area contributed by atoms with Crippen molar-refractivity contribution in [3.05, 3.63) is 126 Å². The van der Waals surface area contributed by atoms with Crippen LogP contribution in [-0.2, 0) is 32.6 Å². The Labute approximate surface area is 277 Å². The summed E-state index contributed by atoms with van der Waals surface area (Å²) in [6.45, 7) is 9.15. The Kier molecular flexibility index (Phi) is 11.4. The maximum absolute atomic E-state index is 14.5. The molecule has 8 nitrogen and oxygen atoms in total. The summed E-state index contributed by atoms with van der Waals surface area (Å²) in [7, 11) is -4.33. The van der Waals surface area contributed by atoms with Gasteiger partial charge in [-0.2, -0.15) is 0 Å². The first kappa shape index (κ1) is 35.2. The van der Waals surface area contributed by atoms with Crippen molar-refractivity contribution < 1.29 is 27.1 Å². The van der Waals surface area contributed by atoms with Gasteiger partial charge in [0.2, 0.25) is 11.8 Å². The highest BCUT2D eigenvalue weighted by atomic mass is 32.2. The summed E-state index contributed by atoms with van der Waals surface area (Å²) in [6, 6.07) is 26.8. The van der Waals surface area contributed by atoms with Crippen LogP contribution in [0.25, 0.3) is 0 Å². The zero-order valence-corrected chi connectivity index (χ0v) is 28.3. The fourth-order valence-corrected chi connectivity index (χ4v) is 6.57. The minimum atomic E-state index is -4.33. The normalized spacial score (nSPS) is 12.2. The molecule has 2 amide bonds. The minimum Gasteiger partial charge on any atom is -0.494 e. The van der Waals surface area contributed by atoms with Gasteiger partial charge in [0.25, 0.3) is 10.0 Å². The third-order valence-electron chi connectivity index (χ3n) is 7.32. The Bertz CT molecular complexity index is 1760. The van der Waals surface area contributed by atoms with Gasteiger partial charge >= 0.3 is 0 Å². The summed E-state index contributed by atoms with van der Waals surface area (Å²) >= 11 is 0. The van der Waals surface area contributed by atoms with E-state index in [-0.39, 0.29) is 29.5 Å². The standard InChI is InChI=1S/C37H42FN3O5S/c1-6-46-32-19-21-33(22-20-32)47(44,45)41(31-17-15-30(38)16-18-31)26-35(42)40(25-29-14-10-11-27(2)23-29)34(36(43)39-37(3,4)5)24-28-12-8-7-9-13-28/h7-23,34H,6,24-26H2,1-5H3,(H,39,43)/t34-/m1/s1. The molecule has 0 aliphatic rings. The van der Waals surface area contributed by atoms with Gasteiger partial charge in [-0.3, -0.25) is 13.9 Å². The van der Waals surface area contributed by atoms with Crippen molar-refractivity contribution in [2.75, 3.05) is 17.5 Å². The maximum Gasteiger partial charge on any atom is 0.264 e. The first-order valence-electron chi connectivity index (χ1n) is 15.5. The van der Waals surface area contributed by atoms with Crippen molar-refractivity contribution >= 4 is 27.5 Å². The summed E-state index contributed by atoms with van der Waals surface area (Å²) in [4.78, 5) is 29.9. The highest BCUT2D eigenvalue weighted by molar-refractivity contribution is 7.92. The van der Waals surface area contributed by atoms with E-state index < -0.39 is 39.9 Å². The van der Waals surface area contributed by atoms with Crippen LogP contribution < -0.4 is 14.4 Å². The number of amides is 2. The Balaban J connectivity index is 1.81. The van der Waals surface area contributed by atoms with Crippen molar-refractivity contribution in [2.24, 2.45) is 0 Å². The number of carbonyl (C=O) groups is 2. The van der Waals surface area contributed by atoms with Gasteiger partial charge in [-0.1, -0.05) is 60.2 Å². The second-order valence-electron chi connectivity index (χ2n) is 12.3. The Morgan fingerprint density at radius 2 is 1.51 bits per heavy atom. The number of carbonyl (C=O) groups excluding carboxylic acids is 2. The molecule has 0 unspecified atom stereocenters. The van der Waals surface area contributed by atoms with Gasteiger partial charge in [-0.15, -0.1) is 0 Å². The van der Waals surface area contributed by atoms with E-state index in [9.17, 15) is 22.4 Å². The zero-order chi connectivity index (χ0) is 34.2. The van der Waals surface area contributed by atoms with E-state index in [1.165, 1.54) is 41.3 Å². The number of benzene rings is 4. The molecule has 4 aromatic carbocycles. The van der Waals surface area contributed by atoms with Crippen LogP contribution in [-0.4, -0.2) is 49.9 Å². The third kappa shape index (κ3) is 9.65. The molecule has 248 valence electrons. The second-order valence-corrected chi connectivity index (χ2v) is 14.2. The van der Waals surface area contributed by atoms with Crippen molar-refractivity contribution in [2.45, 2.75) is 64.1 Å². The first-order valence-corrected chi connectivity index (χ1v) is 16.9. The van der Waals surface area contributed by atoms with Crippen LogP contribution in [0.15, 0.2) is 108 Å². The molecule has 0 saturated carbocycles. The molecule has 4 rings (SSSR count). The smallest absolute Gasteiger partial charge is 0.264 e. The molecular weight excluding hydrogens is 617 g/mol. The van der Waals surface area contributed by atoms with E-state index in [0.717, 1.165) is 33.1 Å². The molecule has 0 bridgehead atoms. The molecule has 47 heavy (non-hydrogen) atoms. The largest absolute Gasteiger partial charge is 0.494 e. The molecule has 0 aliphatic heterocycles. The molecule has 1 atom stereocenters. The van der Waals surface area contributed by atoms with Crippen molar-refractivity contribution in [3.8, 4) is 5.75 Å². The van der Waals surface area contributed by atoms with Crippen molar-refractivity contribution in [1.29, 1.82) is 0 Å². The number of hydrogen-bond acceptors (Lipinski definition) is 5. The number of sulfonamides is 1. The van der Waals surface area contributed by atoms with Crippen molar-refractivity contribution in [1.82, 2.24) is 10.2 Å². The zero-order valence-electron chi connectivity index (χ0n) is 27.4. The molecule has 0 spiro atoms. The van der Waals surface area contributed by atoms with Crippen LogP contribution >= 0.6 is 0 Å². The van der Waals surface area contributed by atoms with Gasteiger partial charge in [-0.25, -0.2) is 12.8 Å². The summed E-state index contributed by atoms with van der Waals surface area (Å²) < 4.78 is 48.8. The topological polar surface area (TPSA) is 96.0 Å². The number of ether oxygens (including phenoxy) is 1. The van der Waals surface area contributed by atoms with Crippen LogP contribution in [0.5, 0.6) is 5.75 Å². The Morgan fingerprint density at radius 3 is 2.11 bits per heavy atom. The van der Waals surface area contributed by atoms with Crippen LogP contribution in [0.1, 0.15) is 44.4 Å². The molecule has 0 aliphatic carbocycles. The molecule has 1 N–H and O–H groups in total. The average molecular weight is 660 g/mol. The molecule has 0 aromatic heterocycles. The molecule has 0 radical (unpaired) electrons. The van der Waals surface area contributed by atoms with E-state index >= 15 is 0 Å². The van der Waals surface area contributed by atoms with Crippen LogP contribution in [0.4, 0.5) is 10.1 Å². The summed E-state index contributed by atoms with van der Waals surface area (Å²) in [5, 5.41) is 3.02. The summed E-state index contributed by atoms with van der Waals surface area (Å²) in [5.74, 6) is -1.03. The lowest BCUT2D eigenvalue weighted by Gasteiger charge is -2.35. The highest BCUT2D eigenvalue weighted by Crippen LogP contribution is 2.27. The van der Waals surface area contributed by atoms with Gasteiger partial charge in [-0.05, 0) is 94.3 Å². The van der Waals surface area contributed by atoms with Crippen LogP contribution in [0.3, 0.4) is 0 Å². The maximum atomic E-state index is 14.5. The van der Waals surface area contributed by atoms with E-state index in [1.54, 1.807) is 0 Å². The predicted molar refractivity (Wildman–Crippen MR) is 182 cm³/mol. The monoisotopic (exact) mass is 659 g/mol. The summed E-state index contributed by atoms with van der Waals surface area (Å²) in [6.07, 6.45) is 0.197. The molecule has 10 heteroatoms. The number of halogens is 1. The average Bonchev–Trinajstić information content (AvgIpc) is 3.02. The predicted octanol–water partition coefficient (Wildman–Crippen LogP) is 6.28. The van der Waals surface area contributed by atoms with Crippen molar-refractivity contribution in [3.63, 3.8) is 0 Å². The summed E-state index contributed by atoms with van der Waals surface area (Å²) in [5.41, 5.74) is 2.09. The number of anilines is 1. The van der Waals surface area contributed by atoms with E-state index in [4.69, 9.17) is 4.74 Å². The highest BCUT2D eigenvalue weighted by Gasteiger charge is 2.35. The van der Waals surface area contributed by atoms with Gasteiger partial charge in [0.1, 0.15) is 24.2 Å². The van der Waals surface area contributed by atoms with Crippen LogP contribution in [0.2, 0.25) is 0 Å². The molecule has 4 aromatic rings. The lowest BCUT2D eigenvalue weighted by atomic mass is 10.0. The fourth-order valence-electron chi connectivity index (χ4n) is 5.15. The van der Waals surface area contributed by atoms with Gasteiger partial charge in [0, 0.05) is 18.5 Å². The Morgan fingerprint density at radius 1 is 0.872 bits per heavy atom. The first-order chi connectivity index (χ1) is 22.3. The van der Waals surface area contributed by atoms with E-state index in [0.29, 0.717) is 12.4 Å². The number of hydrogen-bond donors (Lipinski definition) is 1. The third-order valence-corrected chi connectivity index (χ3v) is 9.11. The van der Waals surface area contributed by atoms with Gasteiger partial charge < -0.3 is 15.0 Å². The quantitative estimate of drug-likeness (QED) is 0.182. The number of nitrogens with one attached hydrogen (secondary N) is 1. The number of rotatable bonds is 13. The van der Waals surface area contributed by atoms with Crippen LogP contribution in [0, 0.1) is 12.7 Å². The molecular formula is C37H42FN3O5S. The van der Waals surface area contributed by atoms with E-state index in [2.05, 4.69) is 5.32 Å². The number of nitrogens with zero attached hydrogens (tertiary/aromatic N) is 2. The minimum absolute atomic E-state index is 0.0515. The lowest BCUT2D eigenvalue weighted by molar-refractivity contribution is -0.140. The second kappa shape index (κ2) is 15.3. The SMILES string of the molecule is CCOc1ccc(S(=O)(=O)N(CC(=O)N(Cc2cccc(C)c2)[C@H](Cc2ccccc2)C(=O)NC(C)(C)C)c2ccc(F)cc2)cc1. The lowest BCUT2D eigenvalue weighted by Crippen LogP contribution is -2.56.